The molecule has 2 amide bonds. The van der Waals surface area contributed by atoms with Crippen molar-refractivity contribution in [3.05, 3.63) is 35.9 Å². The van der Waals surface area contributed by atoms with E-state index in [-0.39, 0.29) is 18.0 Å². The van der Waals surface area contributed by atoms with E-state index in [1.165, 1.54) is 13.3 Å². The van der Waals surface area contributed by atoms with Crippen LogP contribution in [0.15, 0.2) is 30.9 Å². The zero-order valence-electron chi connectivity index (χ0n) is 22.6. The van der Waals surface area contributed by atoms with Gasteiger partial charge in [-0.3, -0.25) is 9.36 Å². The standard InChI is InChI=1S/C26H34ClN7O4/c1-17-14-31(25(36)38-26(3,4)5)9-10-32(17)23-22-20(33(18(2)35)11-12-37-6)15-34(24(22)30-16-29-23)21-13-19(27)7-8-28-21/h7-8,13,15-17H,9-12,14H2,1-6H3/t17-/m0/s1. The van der Waals surface area contributed by atoms with Gasteiger partial charge in [-0.05, 0) is 33.8 Å². The molecule has 12 heteroatoms. The van der Waals surface area contributed by atoms with Crippen molar-refractivity contribution in [2.75, 3.05) is 49.7 Å². The third kappa shape index (κ3) is 5.83. The van der Waals surface area contributed by atoms with Crippen LogP contribution in [0.2, 0.25) is 5.02 Å². The van der Waals surface area contributed by atoms with E-state index in [0.29, 0.717) is 66.2 Å². The number of amides is 2. The van der Waals surface area contributed by atoms with Crippen LogP contribution >= 0.6 is 11.6 Å². The third-order valence-electron chi connectivity index (χ3n) is 6.24. The minimum Gasteiger partial charge on any atom is -0.444 e. The van der Waals surface area contributed by atoms with E-state index in [1.54, 1.807) is 35.2 Å². The highest BCUT2D eigenvalue weighted by molar-refractivity contribution is 6.30. The largest absolute Gasteiger partial charge is 0.444 e. The van der Waals surface area contributed by atoms with Gasteiger partial charge in [0, 0.05) is 69.7 Å². The molecule has 3 aromatic rings. The number of piperazine rings is 1. The Morgan fingerprint density at radius 1 is 1.21 bits per heavy atom. The number of rotatable bonds is 6. The van der Waals surface area contributed by atoms with Crippen molar-refractivity contribution < 1.29 is 19.1 Å². The lowest BCUT2D eigenvalue weighted by molar-refractivity contribution is -0.116. The molecular formula is C26H34ClN7O4. The summed E-state index contributed by atoms with van der Waals surface area (Å²) in [5, 5.41) is 1.24. The van der Waals surface area contributed by atoms with Crippen molar-refractivity contribution >= 4 is 46.1 Å². The molecule has 11 nitrogen and oxygen atoms in total. The van der Waals surface area contributed by atoms with Crippen LogP contribution < -0.4 is 9.80 Å². The molecule has 1 atom stereocenters. The molecule has 3 aromatic heterocycles. The number of hydrogen-bond acceptors (Lipinski definition) is 8. The summed E-state index contributed by atoms with van der Waals surface area (Å²) in [6.45, 7) is 11.3. The predicted octanol–water partition coefficient (Wildman–Crippen LogP) is 3.91. The molecule has 204 valence electrons. The molecule has 1 saturated heterocycles. The number of carbonyl (C=O) groups is 2. The van der Waals surface area contributed by atoms with E-state index in [4.69, 9.17) is 21.1 Å². The molecule has 1 fully saturated rings. The zero-order chi connectivity index (χ0) is 27.6. The number of pyridine rings is 1. The predicted molar refractivity (Wildman–Crippen MR) is 146 cm³/mol. The van der Waals surface area contributed by atoms with E-state index < -0.39 is 5.60 Å². The fraction of sp³-hybridized carbons (Fsp3) is 0.500. The number of aromatic nitrogens is 4. The molecule has 0 aliphatic carbocycles. The average molecular weight is 544 g/mol. The Hall–Kier alpha value is -3.44. The summed E-state index contributed by atoms with van der Waals surface area (Å²) < 4.78 is 12.7. The highest BCUT2D eigenvalue weighted by Gasteiger charge is 2.33. The Kier molecular flexibility index (Phi) is 8.08. The first-order chi connectivity index (χ1) is 18.0. The summed E-state index contributed by atoms with van der Waals surface area (Å²) in [5.74, 6) is 1.10. The number of fused-ring (bicyclic) bond motifs is 1. The first-order valence-corrected chi connectivity index (χ1v) is 12.9. The van der Waals surface area contributed by atoms with Crippen LogP contribution in [-0.4, -0.2) is 88.0 Å². The molecule has 0 radical (unpaired) electrons. The Labute approximate surface area is 227 Å². The number of nitrogens with zero attached hydrogens (tertiary/aromatic N) is 7. The third-order valence-corrected chi connectivity index (χ3v) is 6.47. The lowest BCUT2D eigenvalue weighted by Crippen LogP contribution is -2.55. The molecular weight excluding hydrogens is 510 g/mol. The number of anilines is 2. The van der Waals surface area contributed by atoms with E-state index >= 15 is 0 Å². The molecule has 0 aromatic carbocycles. The SMILES string of the molecule is COCCN(C(C)=O)c1cn(-c2cc(Cl)ccn2)c2ncnc(N3CCN(C(=O)OC(C)(C)C)C[C@@H]3C)c12. The van der Waals surface area contributed by atoms with Crippen molar-refractivity contribution in [1.29, 1.82) is 0 Å². The van der Waals surface area contributed by atoms with E-state index in [1.807, 2.05) is 38.5 Å². The van der Waals surface area contributed by atoms with Crippen molar-refractivity contribution in [2.45, 2.75) is 46.3 Å². The Morgan fingerprint density at radius 3 is 2.61 bits per heavy atom. The van der Waals surface area contributed by atoms with Gasteiger partial charge in [0.05, 0.1) is 17.7 Å². The van der Waals surface area contributed by atoms with Crippen molar-refractivity contribution in [1.82, 2.24) is 24.4 Å². The molecule has 4 rings (SSSR count). The highest BCUT2D eigenvalue weighted by Crippen LogP contribution is 2.37. The van der Waals surface area contributed by atoms with Gasteiger partial charge in [0.2, 0.25) is 5.91 Å². The van der Waals surface area contributed by atoms with E-state index in [0.717, 1.165) is 0 Å². The fourth-order valence-corrected chi connectivity index (χ4v) is 4.70. The van der Waals surface area contributed by atoms with Gasteiger partial charge < -0.3 is 24.2 Å². The van der Waals surface area contributed by atoms with E-state index in [9.17, 15) is 9.59 Å². The molecule has 0 spiro atoms. The first-order valence-electron chi connectivity index (χ1n) is 12.5. The Balaban J connectivity index is 1.79. The van der Waals surface area contributed by atoms with Crippen LogP contribution in [0.4, 0.5) is 16.3 Å². The van der Waals surface area contributed by atoms with Gasteiger partial charge in [-0.15, -0.1) is 0 Å². The topological polar surface area (TPSA) is 106 Å². The van der Waals surface area contributed by atoms with Gasteiger partial charge in [-0.1, -0.05) is 11.6 Å². The molecule has 4 heterocycles. The van der Waals surface area contributed by atoms with Gasteiger partial charge in [-0.25, -0.2) is 19.7 Å². The summed E-state index contributed by atoms with van der Waals surface area (Å²) in [6, 6.07) is 3.37. The van der Waals surface area contributed by atoms with Crippen LogP contribution in [0.1, 0.15) is 34.6 Å². The van der Waals surface area contributed by atoms with Gasteiger partial charge in [-0.2, -0.15) is 0 Å². The minimum atomic E-state index is -0.569. The molecule has 1 aliphatic heterocycles. The van der Waals surface area contributed by atoms with Crippen LogP contribution in [-0.2, 0) is 14.3 Å². The summed E-state index contributed by atoms with van der Waals surface area (Å²) in [4.78, 5) is 44.7. The minimum absolute atomic E-state index is 0.0698. The second kappa shape index (κ2) is 11.1. The average Bonchev–Trinajstić information content (AvgIpc) is 3.23. The lowest BCUT2D eigenvalue weighted by atomic mass is 10.1. The van der Waals surface area contributed by atoms with E-state index in [2.05, 4.69) is 19.9 Å². The van der Waals surface area contributed by atoms with Gasteiger partial charge in [0.25, 0.3) is 0 Å². The number of ether oxygens (including phenoxy) is 2. The highest BCUT2D eigenvalue weighted by atomic mass is 35.5. The second-order valence-corrected chi connectivity index (χ2v) is 10.7. The molecule has 0 unspecified atom stereocenters. The first kappa shape index (κ1) is 27.6. The fourth-order valence-electron chi connectivity index (χ4n) is 4.54. The molecule has 0 saturated carbocycles. The van der Waals surface area contributed by atoms with Crippen molar-refractivity contribution in [3.8, 4) is 5.82 Å². The quantitative estimate of drug-likeness (QED) is 0.460. The molecule has 0 N–H and O–H groups in total. The maximum absolute atomic E-state index is 12.8. The molecule has 38 heavy (non-hydrogen) atoms. The molecule has 0 bridgehead atoms. The zero-order valence-corrected chi connectivity index (χ0v) is 23.4. The van der Waals surface area contributed by atoms with Crippen LogP contribution in [0.25, 0.3) is 16.9 Å². The number of methoxy groups -OCH3 is 1. The second-order valence-electron chi connectivity index (χ2n) is 10.2. The van der Waals surface area contributed by atoms with Crippen molar-refractivity contribution in [3.63, 3.8) is 0 Å². The number of halogens is 1. The maximum Gasteiger partial charge on any atom is 0.410 e. The summed E-state index contributed by atoms with van der Waals surface area (Å²) in [6.07, 6.45) is 4.62. The maximum atomic E-state index is 12.8. The monoisotopic (exact) mass is 543 g/mol. The summed E-state index contributed by atoms with van der Waals surface area (Å²) >= 11 is 6.27. The molecule has 1 aliphatic rings. The lowest BCUT2D eigenvalue weighted by Gasteiger charge is -2.41. The smallest absolute Gasteiger partial charge is 0.410 e. The number of hydrogen-bond donors (Lipinski definition) is 0. The summed E-state index contributed by atoms with van der Waals surface area (Å²) in [5.41, 5.74) is 0.662. The number of carbonyl (C=O) groups excluding carboxylic acids is 2. The van der Waals surface area contributed by atoms with Crippen LogP contribution in [0.5, 0.6) is 0 Å². The van der Waals surface area contributed by atoms with Crippen molar-refractivity contribution in [2.24, 2.45) is 0 Å². The Morgan fingerprint density at radius 2 is 1.97 bits per heavy atom. The van der Waals surface area contributed by atoms with Gasteiger partial charge in [0.15, 0.2) is 5.65 Å². The Bertz CT molecular complexity index is 1320. The van der Waals surface area contributed by atoms with Gasteiger partial charge >= 0.3 is 6.09 Å². The normalized spacial score (nSPS) is 16.1. The van der Waals surface area contributed by atoms with Gasteiger partial charge in [0.1, 0.15) is 23.6 Å². The van der Waals surface area contributed by atoms with Crippen LogP contribution in [0, 0.1) is 0 Å². The summed E-state index contributed by atoms with van der Waals surface area (Å²) in [7, 11) is 1.60. The van der Waals surface area contributed by atoms with Crippen LogP contribution in [0.3, 0.4) is 0 Å².